The highest BCUT2D eigenvalue weighted by atomic mass is 19.4. The van der Waals surface area contributed by atoms with Gasteiger partial charge in [-0.25, -0.2) is 9.97 Å². The fourth-order valence-corrected chi connectivity index (χ4v) is 3.82. The summed E-state index contributed by atoms with van der Waals surface area (Å²) in [5.41, 5.74) is 6.96. The van der Waals surface area contributed by atoms with Crippen molar-refractivity contribution in [3.05, 3.63) is 53.3 Å². The Morgan fingerprint density at radius 1 is 1.16 bits per heavy atom. The molecule has 2 aromatic carbocycles. The molecular formula is C23H25F3N5O. The summed E-state index contributed by atoms with van der Waals surface area (Å²) in [5.74, 6) is 1.09. The number of aromatic nitrogens is 2. The highest BCUT2D eigenvalue weighted by Crippen LogP contribution is 2.34. The molecule has 0 bridgehead atoms. The molecule has 169 valence electrons. The molecule has 0 amide bonds. The number of alkyl halides is 3. The lowest BCUT2D eigenvalue weighted by molar-refractivity contribution is -0.137. The molecule has 3 aromatic rings. The molecule has 4 rings (SSSR count). The second kappa shape index (κ2) is 8.82. The van der Waals surface area contributed by atoms with E-state index in [4.69, 9.17) is 10.5 Å². The van der Waals surface area contributed by atoms with Gasteiger partial charge in [0.1, 0.15) is 11.6 Å². The Kier molecular flexibility index (Phi) is 6.10. The third kappa shape index (κ3) is 5.04. The lowest BCUT2D eigenvalue weighted by Gasteiger charge is -2.24. The molecule has 1 saturated heterocycles. The van der Waals surface area contributed by atoms with Gasteiger partial charge in [0.05, 0.1) is 17.1 Å². The van der Waals surface area contributed by atoms with Crippen molar-refractivity contribution in [2.45, 2.75) is 44.9 Å². The number of hydrogen-bond acceptors (Lipinski definition) is 6. The predicted molar refractivity (Wildman–Crippen MR) is 118 cm³/mol. The normalized spacial score (nSPS) is 16.2. The first-order valence-corrected chi connectivity index (χ1v) is 10.5. The average Bonchev–Trinajstić information content (AvgIpc) is 2.73. The van der Waals surface area contributed by atoms with Crippen LogP contribution in [0.25, 0.3) is 10.9 Å². The van der Waals surface area contributed by atoms with Gasteiger partial charge < -0.3 is 21.1 Å². The number of ether oxygens (including phenoxy) is 1. The molecule has 4 N–H and O–H groups in total. The average molecular weight is 444 g/mol. The summed E-state index contributed by atoms with van der Waals surface area (Å²) in [6, 6.07) is 10.3. The van der Waals surface area contributed by atoms with E-state index >= 15 is 0 Å². The van der Waals surface area contributed by atoms with Crippen LogP contribution in [0.5, 0.6) is 0 Å². The number of nitrogens with two attached hydrogens (primary N) is 1. The highest BCUT2D eigenvalue weighted by Gasteiger charge is 2.31. The second-order valence-electron chi connectivity index (χ2n) is 8.05. The minimum atomic E-state index is -4.47. The molecule has 0 aliphatic carbocycles. The minimum absolute atomic E-state index is 0.0600. The number of halogens is 3. The third-order valence-corrected chi connectivity index (χ3v) is 5.48. The maximum atomic E-state index is 13.2. The number of nitrogens with one attached hydrogen (secondary N) is 2. The summed E-state index contributed by atoms with van der Waals surface area (Å²) < 4.78 is 45.1. The minimum Gasteiger partial charge on any atom is -0.399 e. The molecule has 1 fully saturated rings. The molecule has 1 aromatic heterocycles. The van der Waals surface area contributed by atoms with E-state index in [1.54, 1.807) is 19.9 Å². The Hall–Kier alpha value is -3.07. The lowest BCUT2D eigenvalue weighted by Crippen LogP contribution is -2.27. The number of rotatable bonds is 5. The summed E-state index contributed by atoms with van der Waals surface area (Å²) in [6.07, 6.45) is -2.65. The molecule has 1 atom stereocenters. The number of nitrogens with zero attached hydrogens (tertiary/aromatic N) is 2. The summed E-state index contributed by atoms with van der Waals surface area (Å²) in [4.78, 5) is 8.98. The van der Waals surface area contributed by atoms with Crippen LogP contribution in [0.15, 0.2) is 30.3 Å². The van der Waals surface area contributed by atoms with E-state index in [1.165, 1.54) is 6.07 Å². The number of benzene rings is 2. The fourth-order valence-electron chi connectivity index (χ4n) is 3.82. The Morgan fingerprint density at radius 3 is 2.62 bits per heavy atom. The van der Waals surface area contributed by atoms with E-state index in [1.807, 2.05) is 6.07 Å². The van der Waals surface area contributed by atoms with Gasteiger partial charge in [-0.05, 0) is 62.6 Å². The van der Waals surface area contributed by atoms with Crippen molar-refractivity contribution >= 4 is 28.1 Å². The van der Waals surface area contributed by atoms with Crippen LogP contribution in [-0.4, -0.2) is 29.2 Å². The molecular weight excluding hydrogens is 419 g/mol. The van der Waals surface area contributed by atoms with Crippen LogP contribution in [-0.2, 0) is 10.9 Å². The Bertz CT molecular complexity index is 1110. The Morgan fingerprint density at radius 2 is 1.91 bits per heavy atom. The molecule has 0 unspecified atom stereocenters. The van der Waals surface area contributed by atoms with Crippen LogP contribution in [0.1, 0.15) is 42.8 Å². The molecule has 1 aliphatic heterocycles. The SMILES string of the molecule is Cc1nc(N[C@H](C)c2cc(N)cc(C(F)(F)F)c2)c2cc(NC3CCOCC3)[c]cc2n1. The first kappa shape index (κ1) is 22.1. The van der Waals surface area contributed by atoms with Gasteiger partial charge >= 0.3 is 6.18 Å². The van der Waals surface area contributed by atoms with Crippen LogP contribution in [0, 0.1) is 13.0 Å². The summed E-state index contributed by atoms with van der Waals surface area (Å²) in [7, 11) is 0. The van der Waals surface area contributed by atoms with Crippen LogP contribution < -0.4 is 16.4 Å². The summed E-state index contributed by atoms with van der Waals surface area (Å²) in [6.45, 7) is 4.98. The first-order valence-electron chi connectivity index (χ1n) is 10.5. The molecule has 2 heterocycles. The lowest BCUT2D eigenvalue weighted by atomic mass is 10.0. The maximum Gasteiger partial charge on any atom is 0.416 e. The van der Waals surface area contributed by atoms with Gasteiger partial charge in [-0.2, -0.15) is 13.2 Å². The molecule has 1 aliphatic rings. The molecule has 6 nitrogen and oxygen atoms in total. The van der Waals surface area contributed by atoms with Crippen molar-refractivity contribution in [1.82, 2.24) is 9.97 Å². The predicted octanol–water partition coefficient (Wildman–Crippen LogP) is 5.10. The van der Waals surface area contributed by atoms with E-state index in [-0.39, 0.29) is 5.69 Å². The maximum absolute atomic E-state index is 13.2. The number of hydrogen-bond donors (Lipinski definition) is 3. The van der Waals surface area contributed by atoms with Gasteiger partial charge in [0.25, 0.3) is 0 Å². The van der Waals surface area contributed by atoms with E-state index in [9.17, 15) is 13.2 Å². The topological polar surface area (TPSA) is 85.1 Å². The number of anilines is 3. The highest BCUT2D eigenvalue weighted by molar-refractivity contribution is 5.91. The summed E-state index contributed by atoms with van der Waals surface area (Å²) >= 11 is 0. The van der Waals surface area contributed by atoms with Crippen molar-refractivity contribution in [2.24, 2.45) is 0 Å². The van der Waals surface area contributed by atoms with Gasteiger partial charge in [-0.15, -0.1) is 0 Å². The van der Waals surface area contributed by atoms with E-state index < -0.39 is 17.8 Å². The third-order valence-electron chi connectivity index (χ3n) is 5.48. The number of fused-ring (bicyclic) bond motifs is 1. The zero-order valence-electron chi connectivity index (χ0n) is 17.9. The summed E-state index contributed by atoms with van der Waals surface area (Å²) in [5, 5.41) is 7.47. The smallest absolute Gasteiger partial charge is 0.399 e. The van der Waals surface area contributed by atoms with Crippen molar-refractivity contribution in [3.8, 4) is 0 Å². The van der Waals surface area contributed by atoms with Crippen molar-refractivity contribution in [3.63, 3.8) is 0 Å². The van der Waals surface area contributed by atoms with Crippen LogP contribution in [0.2, 0.25) is 0 Å². The van der Waals surface area contributed by atoms with Gasteiger partial charge in [-0.3, -0.25) is 0 Å². The van der Waals surface area contributed by atoms with Gasteiger partial charge in [0, 0.05) is 42.1 Å². The molecule has 9 heteroatoms. The molecule has 0 saturated carbocycles. The number of aryl methyl sites for hydroxylation is 1. The van der Waals surface area contributed by atoms with Crippen LogP contribution in [0.4, 0.5) is 30.4 Å². The fraction of sp³-hybridized carbons (Fsp3) is 0.391. The largest absolute Gasteiger partial charge is 0.416 e. The zero-order chi connectivity index (χ0) is 22.9. The van der Waals surface area contributed by atoms with Gasteiger partial charge in [0.2, 0.25) is 0 Å². The van der Waals surface area contributed by atoms with Crippen molar-refractivity contribution in [1.29, 1.82) is 0 Å². The molecule has 0 spiro atoms. The standard InChI is InChI=1S/C23H25F3N5O/c1-13(15-9-16(23(24,25)26)11-17(27)10-15)28-22-20-12-19(31-18-5-7-32-8-6-18)3-4-21(20)29-14(2)30-22/h4,9-13,18,31H,5-8,27H2,1-2H3,(H,28,29,30)/t13-/m1/s1. The van der Waals surface area contributed by atoms with Crippen LogP contribution >= 0.6 is 0 Å². The van der Waals surface area contributed by atoms with Crippen LogP contribution in [0.3, 0.4) is 0 Å². The monoisotopic (exact) mass is 444 g/mol. The first-order chi connectivity index (χ1) is 15.2. The van der Waals surface area contributed by atoms with E-state index in [0.717, 1.165) is 49.3 Å². The number of nitrogen functional groups attached to an aromatic ring is 1. The zero-order valence-corrected chi connectivity index (χ0v) is 17.9. The Labute approximate surface area is 184 Å². The van der Waals surface area contributed by atoms with Gasteiger partial charge in [0.15, 0.2) is 0 Å². The Balaban J connectivity index is 1.64. The molecule has 32 heavy (non-hydrogen) atoms. The van der Waals surface area contributed by atoms with Crippen molar-refractivity contribution < 1.29 is 17.9 Å². The quantitative estimate of drug-likeness (QED) is 0.475. The molecule has 1 radical (unpaired) electrons. The van der Waals surface area contributed by atoms with Gasteiger partial charge in [-0.1, -0.05) is 0 Å². The second-order valence-corrected chi connectivity index (χ2v) is 8.05. The van der Waals surface area contributed by atoms with Crippen molar-refractivity contribution in [2.75, 3.05) is 29.6 Å². The van der Waals surface area contributed by atoms with E-state index in [0.29, 0.717) is 28.8 Å². The van der Waals surface area contributed by atoms with E-state index in [2.05, 4.69) is 26.7 Å².